The Morgan fingerprint density at radius 3 is 2.57 bits per heavy atom. The van der Waals surface area contributed by atoms with Gasteiger partial charge in [0.25, 0.3) is 0 Å². The minimum absolute atomic E-state index is 0.323. The van der Waals surface area contributed by atoms with Crippen molar-refractivity contribution in [3.63, 3.8) is 0 Å². The number of likely N-dealkylation sites (tertiary alicyclic amines) is 1. The van der Waals surface area contributed by atoms with E-state index >= 15 is 0 Å². The van der Waals surface area contributed by atoms with Crippen molar-refractivity contribution in [2.75, 3.05) is 33.4 Å². The van der Waals surface area contributed by atoms with E-state index in [1.54, 1.807) is 7.11 Å². The molecule has 1 N–H and O–H groups in total. The molecule has 7 heteroatoms. The Morgan fingerprint density at radius 2 is 1.81 bits per heavy atom. The quantitative estimate of drug-likeness (QED) is 0.365. The third-order valence-electron chi connectivity index (χ3n) is 7.20. The maximum absolute atomic E-state index is 11.3. The lowest BCUT2D eigenvalue weighted by Gasteiger charge is -2.27. The van der Waals surface area contributed by atoms with E-state index in [0.29, 0.717) is 19.6 Å². The number of rotatable bonds is 11. The van der Waals surface area contributed by atoms with Crippen LogP contribution in [0.15, 0.2) is 48.8 Å². The first-order chi connectivity index (χ1) is 17.8. The molecule has 1 saturated heterocycles. The topological polar surface area (TPSA) is 69.0 Å². The van der Waals surface area contributed by atoms with Crippen LogP contribution in [0.2, 0.25) is 0 Å². The molecule has 0 unspecified atom stereocenters. The molecule has 1 atom stereocenters. The summed E-state index contributed by atoms with van der Waals surface area (Å²) in [6.07, 6.45) is 7.06. The van der Waals surface area contributed by atoms with Gasteiger partial charge in [0.2, 0.25) is 0 Å². The second-order valence-corrected chi connectivity index (χ2v) is 10.3. The largest absolute Gasteiger partial charge is 0.493 e. The number of methoxy groups -OCH3 is 1. The molecule has 1 fully saturated rings. The van der Waals surface area contributed by atoms with Crippen molar-refractivity contribution in [1.29, 1.82) is 0 Å². The molecule has 0 amide bonds. The highest BCUT2D eigenvalue weighted by atomic mass is 16.5. The Hall–Kier alpha value is -3.03. The zero-order valence-electron chi connectivity index (χ0n) is 22.7. The average Bonchev–Trinajstić information content (AvgIpc) is 3.19. The summed E-state index contributed by atoms with van der Waals surface area (Å²) in [4.78, 5) is 6.67. The normalized spacial score (nSPS) is 18.4. The Morgan fingerprint density at radius 1 is 0.973 bits per heavy atom. The fourth-order valence-electron chi connectivity index (χ4n) is 4.96. The van der Waals surface area contributed by atoms with Gasteiger partial charge >= 0.3 is 0 Å². The lowest BCUT2D eigenvalue weighted by molar-refractivity contribution is -0.0170. The molecule has 37 heavy (non-hydrogen) atoms. The van der Waals surface area contributed by atoms with Gasteiger partial charge in [-0.15, -0.1) is 0 Å². The summed E-state index contributed by atoms with van der Waals surface area (Å²) in [5, 5.41) is 11.3. The summed E-state index contributed by atoms with van der Waals surface area (Å²) in [6.45, 7) is 10.5. The number of aryl methyl sites for hydroxylation is 4. The minimum atomic E-state index is -0.812. The lowest BCUT2D eigenvalue weighted by Crippen LogP contribution is -2.37. The van der Waals surface area contributed by atoms with Gasteiger partial charge in [0.05, 0.1) is 19.3 Å². The van der Waals surface area contributed by atoms with Gasteiger partial charge in [-0.2, -0.15) is 0 Å². The van der Waals surface area contributed by atoms with Crippen molar-refractivity contribution in [2.45, 2.75) is 65.1 Å². The summed E-state index contributed by atoms with van der Waals surface area (Å²) in [6, 6.07) is 12.3. The van der Waals surface area contributed by atoms with E-state index in [1.807, 2.05) is 31.5 Å². The van der Waals surface area contributed by atoms with Crippen LogP contribution in [0.1, 0.15) is 48.2 Å². The highest BCUT2D eigenvalue weighted by molar-refractivity contribution is 5.43. The van der Waals surface area contributed by atoms with E-state index in [9.17, 15) is 5.11 Å². The van der Waals surface area contributed by atoms with Crippen molar-refractivity contribution in [3.05, 3.63) is 71.3 Å². The maximum atomic E-state index is 11.3. The maximum Gasteiger partial charge on any atom is 0.161 e. The smallest absolute Gasteiger partial charge is 0.161 e. The Labute approximate surface area is 221 Å². The number of ether oxygens (including phenoxy) is 3. The zero-order chi connectivity index (χ0) is 26.3. The molecule has 7 nitrogen and oxygen atoms in total. The fourth-order valence-corrected chi connectivity index (χ4v) is 4.96. The van der Waals surface area contributed by atoms with Gasteiger partial charge < -0.3 is 23.9 Å². The first-order valence-electron chi connectivity index (χ1n) is 13.3. The van der Waals surface area contributed by atoms with Crippen LogP contribution < -0.4 is 14.2 Å². The number of imidazole rings is 1. The Balaban J connectivity index is 1.29. The highest BCUT2D eigenvalue weighted by Crippen LogP contribution is 2.30. The van der Waals surface area contributed by atoms with Gasteiger partial charge in [-0.05, 0) is 82.3 Å². The third-order valence-corrected chi connectivity index (χ3v) is 7.20. The second kappa shape index (κ2) is 12.5. The van der Waals surface area contributed by atoms with Crippen LogP contribution in [-0.2, 0) is 13.1 Å². The predicted octanol–water partition coefficient (Wildman–Crippen LogP) is 5.08. The molecule has 2 heterocycles. The number of aromatic nitrogens is 2. The first-order valence-corrected chi connectivity index (χ1v) is 13.3. The minimum Gasteiger partial charge on any atom is -0.493 e. The number of benzene rings is 2. The third kappa shape index (κ3) is 7.49. The molecule has 0 saturated carbocycles. The summed E-state index contributed by atoms with van der Waals surface area (Å²) in [5.41, 5.74) is 2.69. The molecule has 0 spiro atoms. The molecule has 1 aliphatic rings. The molecule has 0 aliphatic carbocycles. The summed E-state index contributed by atoms with van der Waals surface area (Å²) >= 11 is 0. The van der Waals surface area contributed by atoms with Crippen LogP contribution in [0.5, 0.6) is 17.2 Å². The molecule has 3 aromatic rings. The lowest BCUT2D eigenvalue weighted by atomic mass is 9.96. The Kier molecular flexibility index (Phi) is 9.11. The average molecular weight is 508 g/mol. The summed E-state index contributed by atoms with van der Waals surface area (Å²) < 4.78 is 19.8. The molecule has 1 aliphatic heterocycles. The van der Waals surface area contributed by atoms with E-state index in [2.05, 4.69) is 52.6 Å². The van der Waals surface area contributed by atoms with Crippen LogP contribution in [0.25, 0.3) is 0 Å². The van der Waals surface area contributed by atoms with Gasteiger partial charge in [0.1, 0.15) is 18.2 Å². The molecule has 0 bridgehead atoms. The van der Waals surface area contributed by atoms with E-state index in [4.69, 9.17) is 14.2 Å². The van der Waals surface area contributed by atoms with Gasteiger partial charge in [-0.3, -0.25) is 4.90 Å². The van der Waals surface area contributed by atoms with Gasteiger partial charge in [0, 0.05) is 32.0 Å². The zero-order valence-corrected chi connectivity index (χ0v) is 22.7. The van der Waals surface area contributed by atoms with E-state index in [0.717, 1.165) is 74.1 Å². The predicted molar refractivity (Wildman–Crippen MR) is 146 cm³/mol. The SMILES string of the molecule is COc1ccc(CN2CCC[C@@](O)(COc3ccc(C)cc3C)CC2)cc1OCCCn1ccnc1C. The van der Waals surface area contributed by atoms with Crippen molar-refractivity contribution in [3.8, 4) is 17.2 Å². The summed E-state index contributed by atoms with van der Waals surface area (Å²) in [5.74, 6) is 3.39. The number of aliphatic hydroxyl groups is 1. The van der Waals surface area contributed by atoms with Crippen LogP contribution in [-0.4, -0.2) is 58.6 Å². The van der Waals surface area contributed by atoms with Crippen molar-refractivity contribution < 1.29 is 19.3 Å². The van der Waals surface area contributed by atoms with Crippen LogP contribution in [0.4, 0.5) is 0 Å². The first kappa shape index (κ1) is 27.0. The Bertz CT molecular complexity index is 1160. The van der Waals surface area contributed by atoms with E-state index in [-0.39, 0.29) is 0 Å². The molecule has 1 aromatic heterocycles. The van der Waals surface area contributed by atoms with Gasteiger partial charge in [-0.1, -0.05) is 23.8 Å². The number of hydrogen-bond acceptors (Lipinski definition) is 6. The van der Waals surface area contributed by atoms with Gasteiger partial charge in [-0.25, -0.2) is 4.98 Å². The standard InChI is InChI=1S/C30H41N3O4/c1-23-7-9-27(24(2)19-23)37-22-30(34)11-5-14-32(16-12-30)21-26-8-10-28(35-4)29(20-26)36-18-6-15-33-17-13-31-25(33)3/h7-10,13,17,19-20,34H,5-6,11-12,14-16,18,21-22H2,1-4H3/t30-/m0/s1. The molecular weight excluding hydrogens is 466 g/mol. The molecule has 4 rings (SSSR count). The van der Waals surface area contributed by atoms with Crippen LogP contribution in [0.3, 0.4) is 0 Å². The van der Waals surface area contributed by atoms with Gasteiger partial charge in [0.15, 0.2) is 11.5 Å². The summed E-state index contributed by atoms with van der Waals surface area (Å²) in [7, 11) is 1.67. The van der Waals surface area contributed by atoms with Crippen LogP contribution in [0, 0.1) is 20.8 Å². The van der Waals surface area contributed by atoms with Crippen molar-refractivity contribution >= 4 is 0 Å². The number of nitrogens with zero attached hydrogens (tertiary/aromatic N) is 3. The monoisotopic (exact) mass is 507 g/mol. The molecule has 0 radical (unpaired) electrons. The highest BCUT2D eigenvalue weighted by Gasteiger charge is 2.31. The van der Waals surface area contributed by atoms with Crippen molar-refractivity contribution in [2.24, 2.45) is 0 Å². The van der Waals surface area contributed by atoms with E-state index < -0.39 is 5.60 Å². The van der Waals surface area contributed by atoms with Crippen molar-refractivity contribution in [1.82, 2.24) is 14.5 Å². The molecular formula is C30H41N3O4. The number of hydrogen-bond donors (Lipinski definition) is 1. The second-order valence-electron chi connectivity index (χ2n) is 10.3. The van der Waals surface area contributed by atoms with Crippen LogP contribution >= 0.6 is 0 Å². The van der Waals surface area contributed by atoms with E-state index in [1.165, 1.54) is 11.1 Å². The molecule has 2 aromatic carbocycles. The fraction of sp³-hybridized carbons (Fsp3) is 0.500. The molecule has 200 valence electrons.